The Morgan fingerprint density at radius 3 is 2.67 bits per heavy atom. The summed E-state index contributed by atoms with van der Waals surface area (Å²) in [7, 11) is 0. The van der Waals surface area contributed by atoms with Crippen LogP contribution in [0.15, 0.2) is 41.4 Å². The number of benzene rings is 2. The first-order valence-corrected chi connectivity index (χ1v) is 5.35. The zero-order valence-corrected chi connectivity index (χ0v) is 9.69. The van der Waals surface area contributed by atoms with E-state index in [2.05, 4.69) is 4.99 Å². The molecule has 0 bridgehead atoms. The van der Waals surface area contributed by atoms with Crippen LogP contribution in [0.4, 0.5) is 14.5 Å². The number of para-hydroxylation sites is 1. The van der Waals surface area contributed by atoms with Crippen LogP contribution in [-0.4, -0.2) is 11.3 Å². The number of nitrogens with zero attached hydrogens (tertiary/aromatic N) is 1. The van der Waals surface area contributed by atoms with Crippen LogP contribution >= 0.6 is 0 Å². The predicted octanol–water partition coefficient (Wildman–Crippen LogP) is 3.73. The van der Waals surface area contributed by atoms with Crippen molar-refractivity contribution in [2.24, 2.45) is 4.99 Å². The van der Waals surface area contributed by atoms with Crippen molar-refractivity contribution in [1.29, 1.82) is 0 Å². The molecule has 0 aromatic heterocycles. The van der Waals surface area contributed by atoms with E-state index < -0.39 is 11.6 Å². The normalized spacial score (nSPS) is 11.1. The third-order valence-electron chi connectivity index (χ3n) is 2.52. The molecular formula is C14H11F2NO. The van der Waals surface area contributed by atoms with Gasteiger partial charge in [0.2, 0.25) is 0 Å². The average Bonchev–Trinajstić information content (AvgIpc) is 2.33. The summed E-state index contributed by atoms with van der Waals surface area (Å²) in [4.78, 5) is 3.89. The van der Waals surface area contributed by atoms with Crippen LogP contribution in [0.25, 0.3) is 0 Å². The number of halogens is 2. The first-order valence-electron chi connectivity index (χ1n) is 5.35. The van der Waals surface area contributed by atoms with Gasteiger partial charge in [-0.25, -0.2) is 8.78 Å². The van der Waals surface area contributed by atoms with Crippen molar-refractivity contribution in [3.05, 3.63) is 59.2 Å². The number of hydrogen-bond donors (Lipinski definition) is 1. The molecule has 0 amide bonds. The molecule has 0 aliphatic rings. The van der Waals surface area contributed by atoms with Crippen LogP contribution in [0.5, 0.6) is 5.75 Å². The summed E-state index contributed by atoms with van der Waals surface area (Å²) in [6.45, 7) is 1.76. The van der Waals surface area contributed by atoms with Crippen molar-refractivity contribution in [3.8, 4) is 5.75 Å². The molecule has 0 saturated carbocycles. The van der Waals surface area contributed by atoms with Crippen LogP contribution in [-0.2, 0) is 0 Å². The molecule has 0 radical (unpaired) electrons. The Bertz CT molecular complexity index is 609. The van der Waals surface area contributed by atoms with Gasteiger partial charge in [0.1, 0.15) is 11.6 Å². The number of aliphatic imine (C=N–C) groups is 1. The van der Waals surface area contributed by atoms with Gasteiger partial charge >= 0.3 is 0 Å². The molecule has 1 N–H and O–H groups in total. The van der Waals surface area contributed by atoms with Crippen LogP contribution in [0.2, 0.25) is 0 Å². The fraction of sp³-hybridized carbons (Fsp3) is 0.0714. The second-order valence-corrected chi connectivity index (χ2v) is 3.87. The Labute approximate surface area is 103 Å². The highest BCUT2D eigenvalue weighted by atomic mass is 19.1. The van der Waals surface area contributed by atoms with Crippen LogP contribution < -0.4 is 0 Å². The minimum atomic E-state index is -0.738. The minimum Gasteiger partial charge on any atom is -0.507 e. The van der Waals surface area contributed by atoms with Gasteiger partial charge in [0.25, 0.3) is 0 Å². The van der Waals surface area contributed by atoms with Gasteiger partial charge in [-0.3, -0.25) is 4.99 Å². The summed E-state index contributed by atoms with van der Waals surface area (Å²) in [6, 6.07) is 8.32. The van der Waals surface area contributed by atoms with Gasteiger partial charge in [-0.2, -0.15) is 0 Å². The number of phenols is 1. The van der Waals surface area contributed by atoms with Crippen molar-refractivity contribution < 1.29 is 13.9 Å². The molecule has 0 saturated heterocycles. The second-order valence-electron chi connectivity index (χ2n) is 3.87. The predicted molar refractivity (Wildman–Crippen MR) is 66.5 cm³/mol. The van der Waals surface area contributed by atoms with E-state index >= 15 is 0 Å². The topological polar surface area (TPSA) is 32.6 Å². The van der Waals surface area contributed by atoms with E-state index in [1.165, 1.54) is 12.3 Å². The summed E-state index contributed by atoms with van der Waals surface area (Å²) >= 11 is 0. The van der Waals surface area contributed by atoms with E-state index in [-0.39, 0.29) is 11.4 Å². The van der Waals surface area contributed by atoms with E-state index in [0.29, 0.717) is 11.1 Å². The summed E-state index contributed by atoms with van der Waals surface area (Å²) in [5.74, 6) is -1.29. The maximum atomic E-state index is 13.3. The summed E-state index contributed by atoms with van der Waals surface area (Å²) in [6.07, 6.45) is 1.35. The Hall–Kier alpha value is -2.23. The minimum absolute atomic E-state index is 0.0253. The molecule has 0 atom stereocenters. The van der Waals surface area contributed by atoms with Crippen LogP contribution in [0.1, 0.15) is 11.1 Å². The molecule has 2 nitrogen and oxygen atoms in total. The molecule has 4 heteroatoms. The standard InChI is InChI=1S/C14H11F2NO/c1-9-3-2-4-10(14(9)18)8-17-13-6-5-11(15)7-12(13)16/h2-8,18H,1H3. The lowest BCUT2D eigenvalue weighted by molar-refractivity contribution is 0.470. The summed E-state index contributed by atoms with van der Waals surface area (Å²) in [5, 5.41) is 9.74. The Balaban J connectivity index is 2.33. The van der Waals surface area contributed by atoms with Gasteiger partial charge in [0.05, 0.1) is 5.69 Å². The Morgan fingerprint density at radius 1 is 1.17 bits per heavy atom. The van der Waals surface area contributed by atoms with Gasteiger partial charge in [0.15, 0.2) is 5.82 Å². The van der Waals surface area contributed by atoms with Crippen LogP contribution in [0, 0.1) is 18.6 Å². The molecule has 0 heterocycles. The number of rotatable bonds is 2. The smallest absolute Gasteiger partial charge is 0.151 e. The highest BCUT2D eigenvalue weighted by Gasteiger charge is 2.03. The molecule has 0 unspecified atom stereocenters. The molecule has 0 aliphatic heterocycles. The maximum absolute atomic E-state index is 13.3. The van der Waals surface area contributed by atoms with E-state index in [1.54, 1.807) is 25.1 Å². The molecule has 2 aromatic rings. The van der Waals surface area contributed by atoms with Crippen molar-refractivity contribution in [1.82, 2.24) is 0 Å². The lowest BCUT2D eigenvalue weighted by atomic mass is 10.1. The number of aryl methyl sites for hydroxylation is 1. The SMILES string of the molecule is Cc1cccc(C=Nc2ccc(F)cc2F)c1O. The van der Waals surface area contributed by atoms with E-state index in [4.69, 9.17) is 0 Å². The molecule has 92 valence electrons. The monoisotopic (exact) mass is 247 g/mol. The van der Waals surface area contributed by atoms with Crippen molar-refractivity contribution in [3.63, 3.8) is 0 Å². The van der Waals surface area contributed by atoms with Crippen LogP contribution in [0.3, 0.4) is 0 Å². The summed E-state index contributed by atoms with van der Waals surface area (Å²) < 4.78 is 26.0. The number of hydrogen-bond acceptors (Lipinski definition) is 2. The number of aromatic hydroxyl groups is 1. The fourth-order valence-electron chi connectivity index (χ4n) is 1.51. The van der Waals surface area contributed by atoms with E-state index in [0.717, 1.165) is 12.1 Å². The second kappa shape index (κ2) is 4.96. The fourth-order valence-corrected chi connectivity index (χ4v) is 1.51. The Morgan fingerprint density at radius 2 is 1.94 bits per heavy atom. The first kappa shape index (κ1) is 12.2. The van der Waals surface area contributed by atoms with Gasteiger partial charge in [-0.15, -0.1) is 0 Å². The first-order chi connectivity index (χ1) is 8.58. The van der Waals surface area contributed by atoms with Gasteiger partial charge in [-0.1, -0.05) is 12.1 Å². The van der Waals surface area contributed by atoms with Crippen molar-refractivity contribution in [2.75, 3.05) is 0 Å². The maximum Gasteiger partial charge on any atom is 0.151 e. The lowest BCUT2D eigenvalue weighted by Gasteiger charge is -2.02. The quantitative estimate of drug-likeness (QED) is 0.806. The lowest BCUT2D eigenvalue weighted by Crippen LogP contribution is -1.86. The van der Waals surface area contributed by atoms with Crippen molar-refractivity contribution >= 4 is 11.9 Å². The highest BCUT2D eigenvalue weighted by Crippen LogP contribution is 2.22. The summed E-state index contributed by atoms with van der Waals surface area (Å²) in [5.41, 5.74) is 1.22. The van der Waals surface area contributed by atoms with Gasteiger partial charge < -0.3 is 5.11 Å². The molecular weight excluding hydrogens is 236 g/mol. The highest BCUT2D eigenvalue weighted by molar-refractivity contribution is 5.85. The zero-order valence-electron chi connectivity index (χ0n) is 9.69. The molecule has 0 fully saturated rings. The van der Waals surface area contributed by atoms with Gasteiger partial charge in [-0.05, 0) is 30.7 Å². The largest absolute Gasteiger partial charge is 0.507 e. The zero-order chi connectivity index (χ0) is 13.1. The third-order valence-corrected chi connectivity index (χ3v) is 2.52. The number of phenolic OH excluding ortho intramolecular Hbond substituents is 1. The Kier molecular flexibility index (Phi) is 3.37. The van der Waals surface area contributed by atoms with Crippen molar-refractivity contribution in [2.45, 2.75) is 6.92 Å². The molecule has 18 heavy (non-hydrogen) atoms. The molecule has 2 aromatic carbocycles. The average molecular weight is 247 g/mol. The van der Waals surface area contributed by atoms with E-state index in [1.807, 2.05) is 0 Å². The molecule has 0 spiro atoms. The molecule has 2 rings (SSSR count). The molecule has 0 aliphatic carbocycles. The third kappa shape index (κ3) is 2.53. The van der Waals surface area contributed by atoms with Gasteiger partial charge in [0, 0.05) is 17.8 Å². The van der Waals surface area contributed by atoms with E-state index in [9.17, 15) is 13.9 Å².